The Hall–Kier alpha value is 0.217. The van der Waals surface area contributed by atoms with Crippen molar-refractivity contribution in [2.45, 2.75) is 44.2 Å². The first kappa shape index (κ1) is 6.34. The van der Waals surface area contributed by atoms with Crippen molar-refractivity contribution in [2.75, 3.05) is 0 Å². The fraction of sp³-hybridized carbons (Fsp3) is 1.00. The first-order valence-corrected chi connectivity index (χ1v) is 5.25. The Bertz CT molecular complexity index is 55.4. The highest BCUT2D eigenvalue weighted by Gasteiger charge is 2.13. The Balaban J connectivity index is 2.06. The summed E-state index contributed by atoms with van der Waals surface area (Å²) in [6, 6.07) is 1.48. The van der Waals surface area contributed by atoms with Gasteiger partial charge in [-0.15, -0.1) is 0 Å². The molecule has 0 nitrogen and oxygen atoms in total. The molecule has 0 aromatic rings. The Labute approximate surface area is 54.5 Å². The van der Waals surface area contributed by atoms with Crippen molar-refractivity contribution in [3.63, 3.8) is 0 Å². The van der Waals surface area contributed by atoms with Crippen LogP contribution < -0.4 is 0 Å². The molecule has 1 aliphatic rings. The van der Waals surface area contributed by atoms with Crippen LogP contribution >= 0.6 is 0 Å². The first-order valence-electron chi connectivity index (χ1n) is 3.77. The van der Waals surface area contributed by atoms with Gasteiger partial charge in [-0.1, -0.05) is 44.2 Å². The lowest BCUT2D eigenvalue weighted by atomic mass is 10.4. The molecular formula is C7H15Si. The smallest absolute Gasteiger partial charge is 0.0311 e. The number of hydrogen-bond donors (Lipinski definition) is 0. The van der Waals surface area contributed by atoms with E-state index in [1.807, 2.05) is 0 Å². The summed E-state index contributed by atoms with van der Waals surface area (Å²) in [7, 11) is 0.833. The van der Waals surface area contributed by atoms with Crippen molar-refractivity contribution < 1.29 is 0 Å². The van der Waals surface area contributed by atoms with Crippen LogP contribution in [0.15, 0.2) is 0 Å². The van der Waals surface area contributed by atoms with Crippen molar-refractivity contribution in [3.8, 4) is 0 Å². The van der Waals surface area contributed by atoms with Crippen LogP contribution in [-0.2, 0) is 0 Å². The lowest BCUT2D eigenvalue weighted by Crippen LogP contribution is -1.95. The summed E-state index contributed by atoms with van der Waals surface area (Å²) in [5.74, 6) is 0. The second kappa shape index (κ2) is 3.28. The van der Waals surface area contributed by atoms with Gasteiger partial charge in [-0.2, -0.15) is 0 Å². The van der Waals surface area contributed by atoms with Gasteiger partial charge >= 0.3 is 0 Å². The zero-order valence-electron chi connectivity index (χ0n) is 5.69. The minimum Gasteiger partial charge on any atom is -0.0682 e. The molecule has 0 spiro atoms. The molecule has 0 atom stereocenters. The summed E-state index contributed by atoms with van der Waals surface area (Å²) in [5.41, 5.74) is 1.19. The van der Waals surface area contributed by atoms with E-state index in [9.17, 15) is 0 Å². The van der Waals surface area contributed by atoms with Crippen LogP contribution in [0.2, 0.25) is 11.6 Å². The zero-order chi connectivity index (χ0) is 5.82. The van der Waals surface area contributed by atoms with Gasteiger partial charge in [-0.25, -0.2) is 0 Å². The summed E-state index contributed by atoms with van der Waals surface area (Å²) in [5, 5.41) is 0. The highest BCUT2D eigenvalue weighted by Crippen LogP contribution is 2.29. The SMILES string of the molecule is CC[SiH]C1CCCC1. The van der Waals surface area contributed by atoms with E-state index in [0.717, 1.165) is 9.52 Å². The standard InChI is InChI=1S/C7H15Si/c1-2-8-7-5-3-4-6-7/h7-8H,2-6H2,1H3. The van der Waals surface area contributed by atoms with Gasteiger partial charge in [0.1, 0.15) is 0 Å². The van der Waals surface area contributed by atoms with E-state index in [1.54, 1.807) is 12.8 Å². The molecule has 1 heteroatoms. The van der Waals surface area contributed by atoms with Crippen molar-refractivity contribution >= 4 is 9.52 Å². The molecule has 0 aromatic heterocycles. The van der Waals surface area contributed by atoms with E-state index >= 15 is 0 Å². The third-order valence-electron chi connectivity index (χ3n) is 1.97. The molecule has 0 bridgehead atoms. The lowest BCUT2D eigenvalue weighted by Gasteiger charge is -2.02. The summed E-state index contributed by atoms with van der Waals surface area (Å²) in [4.78, 5) is 0. The predicted molar refractivity (Wildman–Crippen MR) is 39.8 cm³/mol. The van der Waals surface area contributed by atoms with Crippen LogP contribution in [0.3, 0.4) is 0 Å². The lowest BCUT2D eigenvalue weighted by molar-refractivity contribution is 0.863. The molecule has 0 N–H and O–H groups in total. The van der Waals surface area contributed by atoms with Crippen LogP contribution in [0.5, 0.6) is 0 Å². The fourth-order valence-electron chi connectivity index (χ4n) is 1.53. The molecule has 0 aromatic carbocycles. The number of hydrogen-bond acceptors (Lipinski definition) is 0. The quantitative estimate of drug-likeness (QED) is 0.499. The van der Waals surface area contributed by atoms with Gasteiger partial charge < -0.3 is 0 Å². The van der Waals surface area contributed by atoms with E-state index in [4.69, 9.17) is 0 Å². The molecule has 0 heterocycles. The minimum atomic E-state index is 0.833. The third kappa shape index (κ3) is 1.62. The Morgan fingerprint density at radius 2 is 2.00 bits per heavy atom. The van der Waals surface area contributed by atoms with Gasteiger partial charge in [0.25, 0.3) is 0 Å². The molecule has 1 fully saturated rings. The molecule has 0 saturated heterocycles. The summed E-state index contributed by atoms with van der Waals surface area (Å²) >= 11 is 0. The van der Waals surface area contributed by atoms with Gasteiger partial charge in [0.2, 0.25) is 0 Å². The number of rotatable bonds is 2. The average molecular weight is 127 g/mol. The average Bonchev–Trinajstić information content (AvgIpc) is 2.19. The molecule has 1 aliphatic carbocycles. The maximum Gasteiger partial charge on any atom is 0.0311 e. The molecule has 1 radical (unpaired) electrons. The second-order valence-corrected chi connectivity index (χ2v) is 4.92. The molecule has 8 heavy (non-hydrogen) atoms. The molecule has 0 unspecified atom stereocenters. The molecule has 0 amide bonds. The topological polar surface area (TPSA) is 0 Å². The molecule has 47 valence electrons. The van der Waals surface area contributed by atoms with Crippen molar-refractivity contribution in [1.29, 1.82) is 0 Å². The van der Waals surface area contributed by atoms with Gasteiger partial charge in [0.15, 0.2) is 0 Å². The van der Waals surface area contributed by atoms with Crippen molar-refractivity contribution in [2.24, 2.45) is 0 Å². The summed E-state index contributed by atoms with van der Waals surface area (Å²) < 4.78 is 0. The fourth-order valence-corrected chi connectivity index (χ4v) is 3.14. The molecule has 1 rings (SSSR count). The maximum absolute atomic E-state index is 2.33. The largest absolute Gasteiger partial charge is 0.0682 e. The van der Waals surface area contributed by atoms with E-state index < -0.39 is 0 Å². The Morgan fingerprint density at radius 1 is 1.38 bits per heavy atom. The maximum atomic E-state index is 2.33. The van der Waals surface area contributed by atoms with Crippen molar-refractivity contribution in [3.05, 3.63) is 0 Å². The highest BCUT2D eigenvalue weighted by atomic mass is 28.2. The minimum absolute atomic E-state index is 0.833. The molecule has 0 aliphatic heterocycles. The highest BCUT2D eigenvalue weighted by molar-refractivity contribution is 6.37. The summed E-state index contributed by atoms with van der Waals surface area (Å²) in [6.07, 6.45) is 6.17. The summed E-state index contributed by atoms with van der Waals surface area (Å²) in [6.45, 7) is 2.33. The van der Waals surface area contributed by atoms with Gasteiger partial charge in [-0.05, 0) is 0 Å². The molecule has 1 saturated carbocycles. The zero-order valence-corrected chi connectivity index (χ0v) is 6.84. The predicted octanol–water partition coefficient (Wildman–Crippen LogP) is 2.22. The van der Waals surface area contributed by atoms with E-state index in [2.05, 4.69) is 6.92 Å². The van der Waals surface area contributed by atoms with Crippen LogP contribution in [-0.4, -0.2) is 9.52 Å². The van der Waals surface area contributed by atoms with E-state index in [-0.39, 0.29) is 0 Å². The normalized spacial score (nSPS) is 22.1. The second-order valence-electron chi connectivity index (χ2n) is 2.69. The third-order valence-corrected chi connectivity index (χ3v) is 3.77. The van der Waals surface area contributed by atoms with E-state index in [0.29, 0.717) is 0 Å². The Morgan fingerprint density at radius 3 is 2.50 bits per heavy atom. The van der Waals surface area contributed by atoms with Crippen LogP contribution in [0.4, 0.5) is 0 Å². The van der Waals surface area contributed by atoms with Gasteiger partial charge in [-0.3, -0.25) is 0 Å². The van der Waals surface area contributed by atoms with Crippen LogP contribution in [0, 0.1) is 0 Å². The van der Waals surface area contributed by atoms with Crippen molar-refractivity contribution in [1.82, 2.24) is 0 Å². The Kier molecular flexibility index (Phi) is 2.60. The first-order chi connectivity index (χ1) is 3.93. The van der Waals surface area contributed by atoms with Gasteiger partial charge in [0.05, 0.1) is 0 Å². The van der Waals surface area contributed by atoms with Crippen LogP contribution in [0.1, 0.15) is 32.6 Å². The van der Waals surface area contributed by atoms with Crippen LogP contribution in [0.25, 0.3) is 0 Å². The van der Waals surface area contributed by atoms with E-state index in [1.165, 1.54) is 24.4 Å². The molecular weight excluding hydrogens is 112 g/mol. The monoisotopic (exact) mass is 127 g/mol. The van der Waals surface area contributed by atoms with Gasteiger partial charge in [0, 0.05) is 9.52 Å².